The summed E-state index contributed by atoms with van der Waals surface area (Å²) in [5.74, 6) is 0.355. The minimum Gasteiger partial charge on any atom is -0.497 e. The number of methoxy groups -OCH3 is 3. The van der Waals surface area contributed by atoms with Gasteiger partial charge in [-0.3, -0.25) is 13.9 Å². The molecule has 210 valence electrons. The maximum atomic E-state index is 13.9. The molecule has 1 atom stereocenters. The maximum absolute atomic E-state index is 13.9. The van der Waals surface area contributed by atoms with Gasteiger partial charge in [0, 0.05) is 18.2 Å². The molecule has 0 fully saturated rings. The Labute approximate surface area is 225 Å². The average Bonchev–Trinajstić information content (AvgIpc) is 2.84. The molecule has 10 nitrogen and oxygen atoms in total. The number of carbonyl (C=O) groups is 2. The second kappa shape index (κ2) is 12.9. The molecule has 0 radical (unpaired) electrons. The molecule has 2 aromatic carbocycles. The summed E-state index contributed by atoms with van der Waals surface area (Å²) >= 11 is 0. The van der Waals surface area contributed by atoms with E-state index in [2.05, 4.69) is 5.32 Å². The van der Waals surface area contributed by atoms with E-state index in [9.17, 15) is 18.0 Å². The largest absolute Gasteiger partial charge is 0.497 e. The molecular weight excluding hydrogens is 510 g/mol. The first-order valence-electron chi connectivity index (χ1n) is 12.2. The molecule has 0 spiro atoms. The van der Waals surface area contributed by atoms with E-state index in [1.165, 1.54) is 25.2 Å². The third-order valence-corrected chi connectivity index (χ3v) is 6.83. The first kappa shape index (κ1) is 30.8. The summed E-state index contributed by atoms with van der Waals surface area (Å²) in [6.45, 7) is 6.88. The Kier molecular flexibility index (Phi) is 10.4. The van der Waals surface area contributed by atoms with E-state index in [-0.39, 0.29) is 23.9 Å². The number of anilines is 1. The van der Waals surface area contributed by atoms with Gasteiger partial charge in [0.05, 0.1) is 33.3 Å². The summed E-state index contributed by atoms with van der Waals surface area (Å²) < 4.78 is 42.8. The predicted molar refractivity (Wildman–Crippen MR) is 147 cm³/mol. The van der Waals surface area contributed by atoms with Gasteiger partial charge in [-0.2, -0.15) is 0 Å². The van der Waals surface area contributed by atoms with Crippen molar-refractivity contribution in [3.05, 3.63) is 48.0 Å². The van der Waals surface area contributed by atoms with Crippen LogP contribution in [-0.2, 0) is 26.2 Å². The normalized spacial score (nSPS) is 12.3. The van der Waals surface area contributed by atoms with Crippen LogP contribution >= 0.6 is 0 Å². The number of rotatable bonds is 12. The van der Waals surface area contributed by atoms with Crippen LogP contribution in [0.15, 0.2) is 42.5 Å². The van der Waals surface area contributed by atoms with Crippen molar-refractivity contribution in [3.63, 3.8) is 0 Å². The highest BCUT2D eigenvalue weighted by Gasteiger charge is 2.34. The summed E-state index contributed by atoms with van der Waals surface area (Å²) in [6, 6.07) is 11.0. The van der Waals surface area contributed by atoms with Gasteiger partial charge in [0.25, 0.3) is 0 Å². The van der Waals surface area contributed by atoms with E-state index >= 15 is 0 Å². The van der Waals surface area contributed by atoms with E-state index in [0.29, 0.717) is 17.9 Å². The third kappa shape index (κ3) is 8.27. The lowest BCUT2D eigenvalue weighted by Crippen LogP contribution is -2.55. The first-order chi connectivity index (χ1) is 17.7. The van der Waals surface area contributed by atoms with E-state index in [1.807, 2.05) is 26.8 Å². The molecule has 2 rings (SSSR count). The fraction of sp³-hybridized carbons (Fsp3) is 0.481. The van der Waals surface area contributed by atoms with Crippen LogP contribution in [0.4, 0.5) is 5.69 Å². The lowest BCUT2D eigenvalue weighted by Gasteiger charge is -2.34. The summed E-state index contributed by atoms with van der Waals surface area (Å²) in [4.78, 5) is 28.6. The van der Waals surface area contributed by atoms with Gasteiger partial charge in [-0.05, 0) is 57.0 Å². The molecular formula is C27H39N3O7S. The number of nitrogens with zero attached hydrogens (tertiary/aromatic N) is 2. The lowest BCUT2D eigenvalue weighted by atomic mass is 10.1. The van der Waals surface area contributed by atoms with Crippen molar-refractivity contribution >= 4 is 27.5 Å². The van der Waals surface area contributed by atoms with Crippen molar-refractivity contribution in [2.75, 3.05) is 38.4 Å². The molecule has 0 aliphatic heterocycles. The van der Waals surface area contributed by atoms with Gasteiger partial charge in [0.2, 0.25) is 21.8 Å². The number of amides is 2. The molecule has 0 heterocycles. The van der Waals surface area contributed by atoms with Gasteiger partial charge in [-0.25, -0.2) is 8.42 Å². The van der Waals surface area contributed by atoms with Crippen LogP contribution in [0.25, 0.3) is 0 Å². The molecule has 1 unspecified atom stereocenters. The van der Waals surface area contributed by atoms with Gasteiger partial charge in [-0.1, -0.05) is 19.1 Å². The van der Waals surface area contributed by atoms with E-state index in [1.54, 1.807) is 44.4 Å². The van der Waals surface area contributed by atoms with E-state index < -0.39 is 34.1 Å². The van der Waals surface area contributed by atoms with Crippen LogP contribution in [-0.4, -0.2) is 70.8 Å². The quantitative estimate of drug-likeness (QED) is 0.432. The Morgan fingerprint density at radius 1 is 0.974 bits per heavy atom. The molecule has 0 aromatic heterocycles. The minimum absolute atomic E-state index is 0.0684. The Hall–Kier alpha value is -3.47. The lowest BCUT2D eigenvalue weighted by molar-refractivity contribution is -0.141. The maximum Gasteiger partial charge on any atom is 0.244 e. The highest BCUT2D eigenvalue weighted by molar-refractivity contribution is 7.92. The molecule has 38 heavy (non-hydrogen) atoms. The van der Waals surface area contributed by atoms with Gasteiger partial charge in [-0.15, -0.1) is 0 Å². The van der Waals surface area contributed by atoms with Crippen LogP contribution in [0.3, 0.4) is 0 Å². The van der Waals surface area contributed by atoms with Crippen LogP contribution < -0.4 is 23.8 Å². The number of hydrogen-bond acceptors (Lipinski definition) is 7. The molecule has 11 heteroatoms. The molecule has 0 aliphatic rings. The van der Waals surface area contributed by atoms with Gasteiger partial charge in [0.15, 0.2) is 0 Å². The average molecular weight is 550 g/mol. The molecule has 0 saturated carbocycles. The van der Waals surface area contributed by atoms with Crippen LogP contribution in [0, 0.1) is 0 Å². The smallest absolute Gasteiger partial charge is 0.244 e. The summed E-state index contributed by atoms with van der Waals surface area (Å²) in [5.41, 5.74) is 0.350. The summed E-state index contributed by atoms with van der Waals surface area (Å²) in [6.07, 6.45) is 1.33. The third-order valence-electron chi connectivity index (χ3n) is 5.71. The zero-order chi connectivity index (χ0) is 28.7. The van der Waals surface area contributed by atoms with Gasteiger partial charge < -0.3 is 24.4 Å². The fourth-order valence-electron chi connectivity index (χ4n) is 3.93. The number of sulfonamides is 1. The van der Waals surface area contributed by atoms with Crippen molar-refractivity contribution in [1.82, 2.24) is 10.2 Å². The zero-order valence-electron chi connectivity index (χ0n) is 23.4. The second-order valence-electron chi connectivity index (χ2n) is 9.84. The molecule has 2 amide bonds. The van der Waals surface area contributed by atoms with Crippen molar-refractivity contribution < 1.29 is 32.2 Å². The van der Waals surface area contributed by atoms with Crippen molar-refractivity contribution in [2.45, 2.75) is 52.2 Å². The fourth-order valence-corrected chi connectivity index (χ4v) is 4.77. The number of ether oxygens (including phenoxy) is 3. The van der Waals surface area contributed by atoms with E-state index in [4.69, 9.17) is 14.2 Å². The molecule has 1 N–H and O–H groups in total. The number of carbonyl (C=O) groups excluding carboxylic acids is 2. The van der Waals surface area contributed by atoms with Crippen LogP contribution in [0.5, 0.6) is 17.2 Å². The van der Waals surface area contributed by atoms with Crippen molar-refractivity contribution in [1.29, 1.82) is 0 Å². The highest BCUT2D eigenvalue weighted by atomic mass is 32.2. The van der Waals surface area contributed by atoms with Crippen molar-refractivity contribution in [2.24, 2.45) is 0 Å². The van der Waals surface area contributed by atoms with Gasteiger partial charge in [0.1, 0.15) is 29.8 Å². The SMILES string of the molecule is CCC(C(=O)NC(C)(C)C)N(Cc1cccc(OC)c1)C(=O)CN(c1cc(OC)ccc1OC)S(C)(=O)=O. The highest BCUT2D eigenvalue weighted by Crippen LogP contribution is 2.34. The molecule has 0 saturated heterocycles. The first-order valence-corrected chi connectivity index (χ1v) is 14.0. The predicted octanol–water partition coefficient (Wildman–Crippen LogP) is 3.20. The Balaban J connectivity index is 2.56. The van der Waals surface area contributed by atoms with Crippen molar-refractivity contribution in [3.8, 4) is 17.2 Å². The number of benzene rings is 2. The van der Waals surface area contributed by atoms with E-state index in [0.717, 1.165) is 16.1 Å². The summed E-state index contributed by atoms with van der Waals surface area (Å²) in [5, 5.41) is 2.94. The Morgan fingerprint density at radius 2 is 1.61 bits per heavy atom. The zero-order valence-corrected chi connectivity index (χ0v) is 24.2. The van der Waals surface area contributed by atoms with Gasteiger partial charge >= 0.3 is 0 Å². The summed E-state index contributed by atoms with van der Waals surface area (Å²) in [7, 11) is 0.466. The van der Waals surface area contributed by atoms with Crippen LogP contribution in [0.2, 0.25) is 0 Å². The standard InChI is InChI=1S/C27H39N3O7S/c1-9-22(26(32)28-27(2,3)4)29(17-19-11-10-12-20(15-19)35-5)25(31)18-30(38(8,33)34)23-16-21(36-6)13-14-24(23)37-7/h10-16,22H,9,17-18H2,1-8H3,(H,28,32). The molecule has 2 aromatic rings. The Bertz CT molecular complexity index is 1230. The van der Waals surface area contributed by atoms with Crippen LogP contribution in [0.1, 0.15) is 39.7 Å². The topological polar surface area (TPSA) is 114 Å². The molecule has 0 bridgehead atoms. The monoisotopic (exact) mass is 549 g/mol. The second-order valence-corrected chi connectivity index (χ2v) is 11.8. The molecule has 0 aliphatic carbocycles. The number of nitrogens with one attached hydrogen (secondary N) is 1. The Morgan fingerprint density at radius 3 is 2.13 bits per heavy atom. The minimum atomic E-state index is -3.94. The number of hydrogen-bond donors (Lipinski definition) is 1.